The normalized spacial score (nSPS) is 10.3. The predicted octanol–water partition coefficient (Wildman–Crippen LogP) is 4.12. The lowest BCUT2D eigenvalue weighted by Gasteiger charge is -2.07. The zero-order chi connectivity index (χ0) is 11.3. The molecule has 82 valence electrons. The van der Waals surface area contributed by atoms with Gasteiger partial charge in [-0.25, -0.2) is 0 Å². The first-order chi connectivity index (χ1) is 7.22. The number of carbonyl (C=O) groups excluding carboxylic acids is 1. The van der Waals surface area contributed by atoms with Crippen molar-refractivity contribution < 1.29 is 4.79 Å². The average Bonchev–Trinajstić information content (AvgIpc) is 2.28. The van der Waals surface area contributed by atoms with E-state index >= 15 is 0 Å². The van der Waals surface area contributed by atoms with Gasteiger partial charge in [-0.05, 0) is 24.0 Å². The lowest BCUT2D eigenvalue weighted by Crippen LogP contribution is -2.02. The molecule has 0 heterocycles. The minimum atomic E-state index is 0.122. The summed E-state index contributed by atoms with van der Waals surface area (Å²) in [5.74, 6) is 0.503. The molecular weight excluding hydrogens is 296 g/mol. The van der Waals surface area contributed by atoms with Gasteiger partial charge >= 0.3 is 0 Å². The number of halogens is 2. The standard InChI is InChI=1S/C11H12BrClOS/c1-15-11-3-2-8(7-12)6-9(11)10(14)4-5-13/h2-3,6H,4-5,7H2,1H3. The molecule has 1 rings (SSSR count). The van der Waals surface area contributed by atoms with Crippen LogP contribution in [0.1, 0.15) is 22.3 Å². The van der Waals surface area contributed by atoms with Crippen molar-refractivity contribution in [1.82, 2.24) is 0 Å². The van der Waals surface area contributed by atoms with E-state index in [1.54, 1.807) is 11.8 Å². The van der Waals surface area contributed by atoms with Gasteiger partial charge in [0.2, 0.25) is 0 Å². The second-order valence-corrected chi connectivity index (χ2v) is 4.82. The van der Waals surface area contributed by atoms with E-state index in [0.717, 1.165) is 21.4 Å². The van der Waals surface area contributed by atoms with Gasteiger partial charge in [0.25, 0.3) is 0 Å². The Kier molecular flexibility index (Phi) is 5.72. The Bertz CT molecular complexity index is 354. The van der Waals surface area contributed by atoms with Crippen LogP contribution in [-0.2, 0) is 5.33 Å². The first-order valence-electron chi connectivity index (χ1n) is 4.55. The minimum Gasteiger partial charge on any atom is -0.294 e. The van der Waals surface area contributed by atoms with Gasteiger partial charge < -0.3 is 0 Å². The molecule has 1 nitrogen and oxygen atoms in total. The summed E-state index contributed by atoms with van der Waals surface area (Å²) in [4.78, 5) is 12.8. The monoisotopic (exact) mass is 306 g/mol. The predicted molar refractivity (Wildman–Crippen MR) is 70.5 cm³/mol. The third-order valence-electron chi connectivity index (χ3n) is 2.04. The largest absolute Gasteiger partial charge is 0.294 e. The van der Waals surface area contributed by atoms with Gasteiger partial charge in [0.1, 0.15) is 0 Å². The van der Waals surface area contributed by atoms with Gasteiger partial charge in [-0.2, -0.15) is 0 Å². The lowest BCUT2D eigenvalue weighted by molar-refractivity contribution is 0.0986. The van der Waals surface area contributed by atoms with Gasteiger partial charge in [-0.3, -0.25) is 4.79 Å². The third-order valence-corrected chi connectivity index (χ3v) is 3.67. The maximum atomic E-state index is 11.8. The number of alkyl halides is 2. The van der Waals surface area contributed by atoms with Crippen molar-refractivity contribution in [2.24, 2.45) is 0 Å². The zero-order valence-corrected chi connectivity index (χ0v) is 11.6. The number of hydrogen-bond donors (Lipinski definition) is 0. The molecule has 0 saturated heterocycles. The van der Waals surface area contributed by atoms with Crippen LogP contribution in [0.15, 0.2) is 23.1 Å². The van der Waals surface area contributed by atoms with E-state index in [9.17, 15) is 4.79 Å². The van der Waals surface area contributed by atoms with Crippen LogP contribution in [0.3, 0.4) is 0 Å². The molecule has 0 atom stereocenters. The van der Waals surface area contributed by atoms with Crippen molar-refractivity contribution >= 4 is 45.1 Å². The third kappa shape index (κ3) is 3.51. The van der Waals surface area contributed by atoms with E-state index in [1.165, 1.54) is 0 Å². The molecule has 1 aromatic rings. The first kappa shape index (κ1) is 13.1. The molecule has 0 spiro atoms. The Morgan fingerprint density at radius 3 is 2.80 bits per heavy atom. The Morgan fingerprint density at radius 2 is 2.27 bits per heavy atom. The molecule has 0 aliphatic rings. The minimum absolute atomic E-state index is 0.122. The highest BCUT2D eigenvalue weighted by Gasteiger charge is 2.10. The van der Waals surface area contributed by atoms with Gasteiger partial charge in [0.15, 0.2) is 5.78 Å². The zero-order valence-electron chi connectivity index (χ0n) is 8.43. The van der Waals surface area contributed by atoms with Crippen molar-refractivity contribution in [3.8, 4) is 0 Å². The lowest BCUT2D eigenvalue weighted by atomic mass is 10.1. The van der Waals surface area contributed by atoms with Crippen molar-refractivity contribution in [3.63, 3.8) is 0 Å². The second kappa shape index (κ2) is 6.56. The van der Waals surface area contributed by atoms with E-state index < -0.39 is 0 Å². The van der Waals surface area contributed by atoms with Crippen LogP contribution in [-0.4, -0.2) is 17.9 Å². The van der Waals surface area contributed by atoms with Gasteiger partial charge in [-0.15, -0.1) is 23.4 Å². The number of ketones is 1. The summed E-state index contributed by atoms with van der Waals surface area (Å²) in [5, 5.41) is 0.767. The number of carbonyl (C=O) groups is 1. The van der Waals surface area contributed by atoms with Crippen LogP contribution >= 0.6 is 39.3 Å². The average molecular weight is 308 g/mol. The highest BCUT2D eigenvalue weighted by molar-refractivity contribution is 9.08. The molecule has 0 saturated carbocycles. The molecule has 0 bridgehead atoms. The van der Waals surface area contributed by atoms with E-state index in [-0.39, 0.29) is 5.78 Å². The van der Waals surface area contributed by atoms with Gasteiger partial charge in [0.05, 0.1) is 0 Å². The van der Waals surface area contributed by atoms with Gasteiger partial charge in [-0.1, -0.05) is 22.0 Å². The fourth-order valence-corrected chi connectivity index (χ4v) is 2.39. The van der Waals surface area contributed by atoms with Crippen LogP contribution in [0.5, 0.6) is 0 Å². The molecule has 4 heteroatoms. The summed E-state index contributed by atoms with van der Waals surface area (Å²) in [6.07, 6.45) is 2.38. The fraction of sp³-hybridized carbons (Fsp3) is 0.364. The molecule has 0 radical (unpaired) electrons. The van der Waals surface area contributed by atoms with E-state index in [0.29, 0.717) is 12.3 Å². The topological polar surface area (TPSA) is 17.1 Å². The smallest absolute Gasteiger partial charge is 0.165 e. The van der Waals surface area contributed by atoms with Crippen molar-refractivity contribution in [3.05, 3.63) is 29.3 Å². The number of thioether (sulfide) groups is 1. The molecule has 0 N–H and O–H groups in total. The molecular formula is C11H12BrClOS. The fourth-order valence-electron chi connectivity index (χ4n) is 1.28. The molecule has 0 amide bonds. The summed E-state index contributed by atoms with van der Waals surface area (Å²) in [5.41, 5.74) is 1.91. The maximum absolute atomic E-state index is 11.8. The number of hydrogen-bond acceptors (Lipinski definition) is 2. The molecule has 0 aliphatic heterocycles. The molecule has 1 aromatic carbocycles. The SMILES string of the molecule is CSc1ccc(CBr)cc1C(=O)CCCl. The first-order valence-corrected chi connectivity index (χ1v) is 7.43. The van der Waals surface area contributed by atoms with E-state index in [2.05, 4.69) is 15.9 Å². The molecule has 0 unspecified atom stereocenters. The van der Waals surface area contributed by atoms with Crippen LogP contribution < -0.4 is 0 Å². The summed E-state index contributed by atoms with van der Waals surface area (Å²) >= 11 is 10.6. The Balaban J connectivity index is 3.05. The Morgan fingerprint density at radius 1 is 1.53 bits per heavy atom. The second-order valence-electron chi connectivity index (χ2n) is 3.03. The summed E-state index contributed by atoms with van der Waals surface area (Å²) in [6.45, 7) is 0. The van der Waals surface area contributed by atoms with Crippen LogP contribution in [0.2, 0.25) is 0 Å². The van der Waals surface area contributed by atoms with Crippen molar-refractivity contribution in [1.29, 1.82) is 0 Å². The summed E-state index contributed by atoms with van der Waals surface area (Å²) in [6, 6.07) is 5.95. The van der Waals surface area contributed by atoms with E-state index in [4.69, 9.17) is 11.6 Å². The van der Waals surface area contributed by atoms with Crippen LogP contribution in [0.25, 0.3) is 0 Å². The Labute approximate surface area is 108 Å². The van der Waals surface area contributed by atoms with Crippen molar-refractivity contribution in [2.45, 2.75) is 16.6 Å². The summed E-state index contributed by atoms with van der Waals surface area (Å²) < 4.78 is 0. The maximum Gasteiger partial charge on any atom is 0.165 e. The van der Waals surface area contributed by atoms with Crippen molar-refractivity contribution in [2.75, 3.05) is 12.1 Å². The number of benzene rings is 1. The molecule has 15 heavy (non-hydrogen) atoms. The quantitative estimate of drug-likeness (QED) is 0.462. The number of rotatable bonds is 5. The van der Waals surface area contributed by atoms with E-state index in [1.807, 2.05) is 24.5 Å². The molecule has 0 aromatic heterocycles. The number of Topliss-reactive ketones (excluding diaryl/α,β-unsaturated/α-hetero) is 1. The van der Waals surface area contributed by atoms with Crippen LogP contribution in [0.4, 0.5) is 0 Å². The Hall–Kier alpha value is 0.01000. The van der Waals surface area contributed by atoms with Crippen LogP contribution in [0, 0.1) is 0 Å². The molecule has 0 aliphatic carbocycles. The molecule has 0 fully saturated rings. The highest BCUT2D eigenvalue weighted by atomic mass is 79.9. The highest BCUT2D eigenvalue weighted by Crippen LogP contribution is 2.24. The van der Waals surface area contributed by atoms with Gasteiger partial charge in [0, 0.05) is 28.1 Å². The summed E-state index contributed by atoms with van der Waals surface area (Å²) in [7, 11) is 0.